The van der Waals surface area contributed by atoms with Gasteiger partial charge < -0.3 is 4.90 Å². The number of nitrogens with zero attached hydrogens (tertiary/aromatic N) is 2. The lowest BCUT2D eigenvalue weighted by molar-refractivity contribution is 0.0792. The van der Waals surface area contributed by atoms with Crippen LogP contribution in [0.4, 0.5) is 0 Å². The van der Waals surface area contributed by atoms with Crippen LogP contribution in [0, 0.1) is 0 Å². The van der Waals surface area contributed by atoms with Gasteiger partial charge in [-0.15, -0.1) is 11.3 Å². The number of amides is 1. The summed E-state index contributed by atoms with van der Waals surface area (Å²) in [6.45, 7) is 1.49. The third kappa shape index (κ3) is 4.20. The Morgan fingerprint density at radius 1 is 1.00 bits per heavy atom. The van der Waals surface area contributed by atoms with Crippen LogP contribution in [-0.4, -0.2) is 37.3 Å². The second-order valence-corrected chi connectivity index (χ2v) is 9.77. The molecule has 1 saturated heterocycles. The van der Waals surface area contributed by atoms with Gasteiger partial charge in [0.05, 0.1) is 15.5 Å². The first kappa shape index (κ1) is 20.0. The fraction of sp³-hybridized carbons (Fsp3) is 0.200. The molecule has 6 nitrogen and oxygen atoms in total. The molecule has 0 radical (unpaired) electrons. The predicted molar refractivity (Wildman–Crippen MR) is 115 cm³/mol. The number of hydrogen-bond donors (Lipinski definition) is 1. The lowest BCUT2D eigenvalue weighted by Crippen LogP contribution is -2.27. The van der Waals surface area contributed by atoms with Crippen LogP contribution in [0.1, 0.15) is 22.6 Å². The molecule has 0 atom stereocenters. The fourth-order valence-corrected chi connectivity index (χ4v) is 4.96. The number of likely N-dealkylation sites (tertiary alicyclic amines) is 1. The summed E-state index contributed by atoms with van der Waals surface area (Å²) in [6, 6.07) is 13.5. The SMILES string of the molecule is NS(=O)(=O)c1ccc(-c2sc(C(=O)N3CCCC3)nc2-c2ccc(Cl)cc2)cc1. The Bertz CT molecular complexity index is 1150. The Labute approximate surface area is 178 Å². The van der Waals surface area contributed by atoms with Crippen LogP contribution < -0.4 is 5.14 Å². The zero-order chi connectivity index (χ0) is 20.6. The van der Waals surface area contributed by atoms with Gasteiger partial charge in [0, 0.05) is 23.7 Å². The summed E-state index contributed by atoms with van der Waals surface area (Å²) in [5.41, 5.74) is 2.26. The lowest BCUT2D eigenvalue weighted by atomic mass is 10.1. The Morgan fingerprint density at radius 2 is 1.59 bits per heavy atom. The van der Waals surface area contributed by atoms with E-state index < -0.39 is 10.0 Å². The van der Waals surface area contributed by atoms with E-state index in [1.165, 1.54) is 23.5 Å². The van der Waals surface area contributed by atoms with Crippen LogP contribution in [0.3, 0.4) is 0 Å². The fourth-order valence-electron chi connectivity index (χ4n) is 3.26. The number of aromatic nitrogens is 1. The van der Waals surface area contributed by atoms with Crippen molar-refractivity contribution in [2.75, 3.05) is 13.1 Å². The molecule has 4 rings (SSSR count). The highest BCUT2D eigenvalue weighted by atomic mass is 35.5. The molecule has 1 aliphatic heterocycles. The van der Waals surface area contributed by atoms with Crippen molar-refractivity contribution in [3.63, 3.8) is 0 Å². The van der Waals surface area contributed by atoms with Crippen molar-refractivity contribution in [2.24, 2.45) is 5.14 Å². The zero-order valence-electron chi connectivity index (χ0n) is 15.3. The average molecular weight is 448 g/mol. The Morgan fingerprint density at radius 3 is 2.17 bits per heavy atom. The van der Waals surface area contributed by atoms with Gasteiger partial charge in [0.15, 0.2) is 5.01 Å². The molecule has 1 aliphatic rings. The van der Waals surface area contributed by atoms with Crippen LogP contribution in [-0.2, 0) is 10.0 Å². The number of carbonyl (C=O) groups excluding carboxylic acids is 1. The van der Waals surface area contributed by atoms with E-state index in [2.05, 4.69) is 4.98 Å². The molecule has 0 saturated carbocycles. The minimum atomic E-state index is -3.78. The predicted octanol–water partition coefficient (Wildman–Crippen LogP) is 4.01. The number of rotatable bonds is 4. The van der Waals surface area contributed by atoms with Gasteiger partial charge in [-0.3, -0.25) is 4.79 Å². The number of halogens is 1. The molecule has 150 valence electrons. The first-order valence-corrected chi connectivity index (χ1v) is 11.8. The van der Waals surface area contributed by atoms with Crippen LogP contribution in [0.25, 0.3) is 21.7 Å². The molecule has 2 N–H and O–H groups in total. The minimum Gasteiger partial charge on any atom is -0.337 e. The lowest BCUT2D eigenvalue weighted by Gasteiger charge is -2.12. The number of carbonyl (C=O) groups is 1. The number of sulfonamides is 1. The topological polar surface area (TPSA) is 93.4 Å². The van der Waals surface area contributed by atoms with Gasteiger partial charge in [0.1, 0.15) is 0 Å². The molecule has 0 aliphatic carbocycles. The molecule has 2 heterocycles. The molecular weight excluding hydrogens is 430 g/mol. The van der Waals surface area contributed by atoms with Gasteiger partial charge in [-0.05, 0) is 42.7 Å². The molecule has 2 aromatic carbocycles. The minimum absolute atomic E-state index is 0.0344. The van der Waals surface area contributed by atoms with Gasteiger partial charge in [-0.2, -0.15) is 0 Å². The summed E-state index contributed by atoms with van der Waals surface area (Å²) >= 11 is 7.31. The average Bonchev–Trinajstić information content (AvgIpc) is 3.38. The number of thiazole rings is 1. The van der Waals surface area contributed by atoms with Crippen LogP contribution in [0.5, 0.6) is 0 Å². The Hall–Kier alpha value is -2.26. The van der Waals surface area contributed by atoms with E-state index in [1.54, 1.807) is 24.3 Å². The molecule has 0 bridgehead atoms. The molecule has 1 aromatic heterocycles. The molecule has 3 aromatic rings. The summed E-state index contributed by atoms with van der Waals surface area (Å²) in [4.78, 5) is 20.2. The zero-order valence-corrected chi connectivity index (χ0v) is 17.7. The molecular formula is C20H18ClN3O3S2. The standard InChI is InChI=1S/C20H18ClN3O3S2/c21-15-7-3-13(4-8-15)17-18(14-5-9-16(10-6-14)29(22,26)27)28-19(23-17)20(25)24-11-1-2-12-24/h3-10H,1-2,11-12H2,(H2,22,26,27). The number of primary sulfonamides is 1. The summed E-state index contributed by atoms with van der Waals surface area (Å²) in [5.74, 6) is -0.0740. The van der Waals surface area contributed by atoms with Crippen molar-refractivity contribution in [3.05, 3.63) is 58.6 Å². The van der Waals surface area contributed by atoms with Gasteiger partial charge in [-0.1, -0.05) is 35.9 Å². The highest BCUT2D eigenvalue weighted by molar-refractivity contribution is 7.89. The highest BCUT2D eigenvalue weighted by Gasteiger charge is 2.25. The van der Waals surface area contributed by atoms with E-state index in [0.29, 0.717) is 15.7 Å². The summed E-state index contributed by atoms with van der Waals surface area (Å²) in [7, 11) is -3.78. The van der Waals surface area contributed by atoms with Crippen molar-refractivity contribution in [2.45, 2.75) is 17.7 Å². The molecule has 9 heteroatoms. The quantitative estimate of drug-likeness (QED) is 0.653. The Kier molecular flexibility index (Phi) is 5.44. The van der Waals surface area contributed by atoms with Crippen molar-refractivity contribution in [1.29, 1.82) is 0 Å². The molecule has 29 heavy (non-hydrogen) atoms. The van der Waals surface area contributed by atoms with E-state index in [4.69, 9.17) is 16.7 Å². The maximum absolute atomic E-state index is 12.9. The second-order valence-electron chi connectivity index (χ2n) is 6.77. The molecule has 0 spiro atoms. The van der Waals surface area contributed by atoms with Crippen molar-refractivity contribution < 1.29 is 13.2 Å². The number of benzene rings is 2. The van der Waals surface area contributed by atoms with E-state index >= 15 is 0 Å². The monoisotopic (exact) mass is 447 g/mol. The smallest absolute Gasteiger partial charge is 0.282 e. The van der Waals surface area contributed by atoms with E-state index in [-0.39, 0.29) is 10.8 Å². The van der Waals surface area contributed by atoms with E-state index in [1.807, 2.05) is 17.0 Å². The van der Waals surface area contributed by atoms with Crippen molar-refractivity contribution >= 4 is 38.9 Å². The van der Waals surface area contributed by atoms with E-state index in [0.717, 1.165) is 41.9 Å². The molecule has 0 unspecified atom stereocenters. The van der Waals surface area contributed by atoms with Gasteiger partial charge in [-0.25, -0.2) is 18.5 Å². The first-order chi connectivity index (χ1) is 13.8. The normalized spacial score (nSPS) is 14.3. The van der Waals surface area contributed by atoms with E-state index in [9.17, 15) is 13.2 Å². The third-order valence-corrected chi connectivity index (χ3v) is 7.04. The molecule has 1 amide bonds. The second kappa shape index (κ2) is 7.87. The van der Waals surface area contributed by atoms with Crippen LogP contribution in [0.15, 0.2) is 53.4 Å². The van der Waals surface area contributed by atoms with Gasteiger partial charge in [0.2, 0.25) is 10.0 Å². The summed E-state index contributed by atoms with van der Waals surface area (Å²) in [5, 5.41) is 6.22. The third-order valence-electron chi connectivity index (χ3n) is 4.77. The maximum atomic E-state index is 12.9. The van der Waals surface area contributed by atoms with Crippen LogP contribution >= 0.6 is 22.9 Å². The summed E-state index contributed by atoms with van der Waals surface area (Å²) in [6.07, 6.45) is 2.01. The maximum Gasteiger partial charge on any atom is 0.282 e. The first-order valence-electron chi connectivity index (χ1n) is 9.02. The summed E-state index contributed by atoms with van der Waals surface area (Å²) < 4.78 is 23.1. The molecule has 1 fully saturated rings. The van der Waals surface area contributed by atoms with Crippen molar-refractivity contribution in [1.82, 2.24) is 9.88 Å². The van der Waals surface area contributed by atoms with Gasteiger partial charge in [0.25, 0.3) is 5.91 Å². The number of hydrogen-bond acceptors (Lipinski definition) is 5. The van der Waals surface area contributed by atoms with Gasteiger partial charge >= 0.3 is 0 Å². The Balaban J connectivity index is 1.80. The van der Waals surface area contributed by atoms with Crippen LogP contribution in [0.2, 0.25) is 5.02 Å². The number of nitrogens with two attached hydrogens (primary N) is 1. The van der Waals surface area contributed by atoms with Crippen molar-refractivity contribution in [3.8, 4) is 21.7 Å². The highest BCUT2D eigenvalue weighted by Crippen LogP contribution is 2.38. The largest absolute Gasteiger partial charge is 0.337 e.